The van der Waals surface area contributed by atoms with Crippen molar-refractivity contribution in [1.29, 1.82) is 0 Å². The Morgan fingerprint density at radius 1 is 0.385 bits per heavy atom. The maximum absolute atomic E-state index is 5.85. The van der Waals surface area contributed by atoms with Crippen LogP contribution in [0, 0.1) is 0 Å². The van der Waals surface area contributed by atoms with Crippen molar-refractivity contribution in [3.05, 3.63) is 0 Å². The van der Waals surface area contributed by atoms with Crippen molar-refractivity contribution in [1.82, 2.24) is 0 Å². The zero-order chi connectivity index (χ0) is 30.0. The third-order valence-corrected chi connectivity index (χ3v) is 20.5. The van der Waals surface area contributed by atoms with Gasteiger partial charge >= 0.3 is 35.2 Å². The molecule has 17 heteroatoms. The third kappa shape index (κ3) is 11.1. The quantitative estimate of drug-likeness (QED) is 0.100. The smallest absolute Gasteiger partial charge is 0.377 e. The van der Waals surface area contributed by atoms with Gasteiger partial charge < -0.3 is 53.1 Å². The minimum absolute atomic E-state index is 0.0511. The van der Waals surface area contributed by atoms with Gasteiger partial charge in [0.2, 0.25) is 0 Å². The van der Waals surface area contributed by atoms with Crippen molar-refractivity contribution in [2.24, 2.45) is 0 Å². The van der Waals surface area contributed by atoms with E-state index in [2.05, 4.69) is 0 Å². The molecule has 236 valence electrons. The topological polar surface area (TPSA) is 111 Å². The normalized spacial score (nSPS) is 15.1. The summed E-state index contributed by atoms with van der Waals surface area (Å²) in [5.41, 5.74) is 0.102. The molecule has 0 aliphatic carbocycles. The van der Waals surface area contributed by atoms with E-state index in [1.807, 2.05) is 11.8 Å². The number of rotatable bonds is 26. The highest BCUT2D eigenvalue weighted by Crippen LogP contribution is 2.38. The fraction of sp³-hybridized carbons (Fsp3) is 1.00. The Morgan fingerprint density at radius 3 is 0.846 bits per heavy atom. The van der Waals surface area contributed by atoms with E-state index in [1.165, 1.54) is 0 Å². The highest BCUT2D eigenvalue weighted by molar-refractivity contribution is 7.99. The minimum atomic E-state index is -2.91. The predicted octanol–water partition coefficient (Wildman–Crippen LogP) is 3.53. The van der Waals surface area contributed by atoms with Gasteiger partial charge in [0.1, 0.15) is 0 Å². The summed E-state index contributed by atoms with van der Waals surface area (Å²) < 4.78 is 68.9. The molecule has 39 heavy (non-hydrogen) atoms. The molecule has 0 aliphatic rings. The largest absolute Gasteiger partial charge is 0.503 e. The maximum Gasteiger partial charge on any atom is 0.503 e. The lowest BCUT2D eigenvalue weighted by Crippen LogP contribution is -2.50. The van der Waals surface area contributed by atoms with Crippen molar-refractivity contribution in [2.45, 2.75) is 48.9 Å². The highest BCUT2D eigenvalue weighted by atomic mass is 32.2. The minimum Gasteiger partial charge on any atom is -0.377 e. The van der Waals surface area contributed by atoms with Crippen LogP contribution in [0.1, 0.15) is 25.7 Å². The Labute approximate surface area is 245 Å². The molecule has 2 unspecified atom stereocenters. The molecule has 0 heterocycles. The van der Waals surface area contributed by atoms with E-state index in [0.717, 1.165) is 37.2 Å². The van der Waals surface area contributed by atoms with Crippen molar-refractivity contribution < 1.29 is 53.1 Å². The van der Waals surface area contributed by atoms with Gasteiger partial charge in [0.15, 0.2) is 0 Å². The summed E-state index contributed by atoms with van der Waals surface area (Å²) in [6.07, 6.45) is 3.15. The lowest BCUT2D eigenvalue weighted by molar-refractivity contribution is 0.103. The molecule has 0 aromatic heterocycles. The molecular formula is C22H54O12SSi4. The fourth-order valence-electron chi connectivity index (χ4n) is 4.86. The molecule has 0 radical (unpaired) electrons. The van der Waals surface area contributed by atoms with Gasteiger partial charge in [-0.25, -0.2) is 0 Å². The molecule has 0 amide bonds. The van der Waals surface area contributed by atoms with Gasteiger partial charge in [0.05, 0.1) is 0 Å². The van der Waals surface area contributed by atoms with Crippen LogP contribution in [-0.4, -0.2) is 132 Å². The Kier molecular flexibility index (Phi) is 21.0. The number of hydrogen-bond donors (Lipinski definition) is 0. The summed E-state index contributed by atoms with van der Waals surface area (Å²) in [4.78, 5) is 0. The molecule has 0 aliphatic heterocycles. The van der Waals surface area contributed by atoms with E-state index in [4.69, 9.17) is 53.1 Å². The molecule has 12 nitrogen and oxygen atoms in total. The van der Waals surface area contributed by atoms with Gasteiger partial charge in [0.25, 0.3) is 0 Å². The van der Waals surface area contributed by atoms with Gasteiger partial charge in [-0.1, -0.05) is 0 Å². The van der Waals surface area contributed by atoms with E-state index in [1.54, 1.807) is 85.3 Å². The van der Waals surface area contributed by atoms with Crippen LogP contribution in [-0.2, 0) is 53.1 Å². The molecule has 0 rings (SSSR count). The summed E-state index contributed by atoms with van der Waals surface area (Å²) in [7, 11) is 8.27. The molecule has 2 atom stereocenters. The second-order valence-electron chi connectivity index (χ2n) is 8.68. The Hall–Kier alpha value is 0.738. The first kappa shape index (κ1) is 39.7. The molecule has 0 aromatic rings. The van der Waals surface area contributed by atoms with Crippen molar-refractivity contribution >= 4 is 47.0 Å². The fourth-order valence-corrected chi connectivity index (χ4v) is 15.6. The zero-order valence-corrected chi connectivity index (χ0v) is 30.9. The summed E-state index contributed by atoms with van der Waals surface area (Å²) in [6.45, 7) is 0. The molecule has 0 saturated carbocycles. The first-order chi connectivity index (χ1) is 18.6. The van der Waals surface area contributed by atoms with Crippen LogP contribution >= 0.6 is 11.8 Å². The van der Waals surface area contributed by atoms with Crippen molar-refractivity contribution in [3.8, 4) is 0 Å². The number of thioether (sulfide) groups is 1. The van der Waals surface area contributed by atoms with E-state index < -0.39 is 35.2 Å². The summed E-state index contributed by atoms with van der Waals surface area (Å²) in [5, 5.41) is 0. The van der Waals surface area contributed by atoms with E-state index in [-0.39, 0.29) is 11.1 Å². The van der Waals surface area contributed by atoms with Crippen LogP contribution in [0.15, 0.2) is 0 Å². The van der Waals surface area contributed by atoms with Crippen LogP contribution in [0.25, 0.3) is 0 Å². The summed E-state index contributed by atoms with van der Waals surface area (Å²) in [5.74, 6) is 1.77. The SMILES string of the molecule is CO[Si](CCC(CCSCCC(CC[Si](OC)(OC)OC)[Si](OC)(OC)OC)[Si](OC)(OC)OC)(OC)OC. The van der Waals surface area contributed by atoms with Gasteiger partial charge in [-0.3, -0.25) is 0 Å². The molecule has 0 N–H and O–H groups in total. The first-order valence-corrected chi connectivity index (χ1v) is 21.5. The summed E-state index contributed by atoms with van der Waals surface area (Å²) >= 11 is 1.85. The van der Waals surface area contributed by atoms with Crippen LogP contribution in [0.5, 0.6) is 0 Å². The Morgan fingerprint density at radius 2 is 0.641 bits per heavy atom. The molecule has 0 saturated heterocycles. The Bertz CT molecular complexity index is 529. The molecule has 0 spiro atoms. The average Bonchev–Trinajstić information content (AvgIpc) is 2.99. The van der Waals surface area contributed by atoms with Gasteiger partial charge in [-0.15, -0.1) is 0 Å². The maximum atomic E-state index is 5.85. The Balaban J connectivity index is 5.45. The van der Waals surface area contributed by atoms with Crippen LogP contribution in [0.4, 0.5) is 0 Å². The second-order valence-corrected chi connectivity index (χ2v) is 22.6. The van der Waals surface area contributed by atoms with Crippen molar-refractivity contribution in [3.63, 3.8) is 0 Å². The third-order valence-electron chi connectivity index (χ3n) is 7.39. The first-order valence-electron chi connectivity index (χ1n) is 12.8. The van der Waals surface area contributed by atoms with Crippen LogP contribution in [0.2, 0.25) is 23.2 Å². The average molecular weight is 655 g/mol. The summed E-state index contributed by atoms with van der Waals surface area (Å²) in [6, 6.07) is 1.26. The zero-order valence-electron chi connectivity index (χ0n) is 26.1. The van der Waals surface area contributed by atoms with Crippen LogP contribution in [0.3, 0.4) is 0 Å². The van der Waals surface area contributed by atoms with Gasteiger partial charge in [0, 0.05) is 108 Å². The molecule has 0 fully saturated rings. The van der Waals surface area contributed by atoms with Gasteiger partial charge in [-0.05, 0) is 37.2 Å². The molecular weight excluding hydrogens is 601 g/mol. The van der Waals surface area contributed by atoms with E-state index in [0.29, 0.717) is 12.1 Å². The van der Waals surface area contributed by atoms with Crippen LogP contribution < -0.4 is 0 Å². The predicted molar refractivity (Wildman–Crippen MR) is 160 cm³/mol. The van der Waals surface area contributed by atoms with E-state index in [9.17, 15) is 0 Å². The highest BCUT2D eigenvalue weighted by Gasteiger charge is 2.50. The second kappa shape index (κ2) is 20.6. The number of hydrogen-bond acceptors (Lipinski definition) is 13. The van der Waals surface area contributed by atoms with Crippen molar-refractivity contribution in [2.75, 3.05) is 96.8 Å². The lowest BCUT2D eigenvalue weighted by atomic mass is 10.2. The van der Waals surface area contributed by atoms with Gasteiger partial charge in [-0.2, -0.15) is 11.8 Å². The molecule has 0 bridgehead atoms. The lowest BCUT2D eigenvalue weighted by Gasteiger charge is -2.35. The molecule has 0 aromatic carbocycles. The standard InChI is InChI=1S/C22H54O12SSi4/c1-23-36(24-2,25-3)19-15-21(38(29-7,30-8)31-9)13-17-35-18-14-22(39(32-10,33-11)34-12)16-20-37(26-4,27-5)28-6/h21-22H,13-20H2,1-12H3. The monoisotopic (exact) mass is 654 g/mol. The van der Waals surface area contributed by atoms with E-state index >= 15 is 0 Å².